The van der Waals surface area contributed by atoms with Crippen molar-refractivity contribution in [3.05, 3.63) is 53.2 Å². The Balaban J connectivity index is 1.33. The Kier molecular flexibility index (Phi) is 5.71. The van der Waals surface area contributed by atoms with Crippen LogP contribution in [0.2, 0.25) is 5.02 Å². The van der Waals surface area contributed by atoms with Gasteiger partial charge < -0.3 is 9.64 Å². The summed E-state index contributed by atoms with van der Waals surface area (Å²) in [4.78, 5) is 23.2. The van der Waals surface area contributed by atoms with Crippen LogP contribution in [0.25, 0.3) is 26.4 Å². The maximum atomic E-state index is 12.7. The normalized spacial score (nSPS) is 17.4. The number of methoxy groups -OCH3 is 1. The molecule has 1 aliphatic heterocycles. The molecule has 1 aliphatic carbocycles. The van der Waals surface area contributed by atoms with Gasteiger partial charge in [-0.05, 0) is 55.3 Å². The largest absolute Gasteiger partial charge is 0.497 e. The average Bonchev–Trinajstić information content (AvgIpc) is 3.34. The number of benzene rings is 2. The number of amides is 1. The number of hydrogen-bond acceptors (Lipinski definition) is 5. The molecule has 34 heavy (non-hydrogen) atoms. The lowest BCUT2D eigenvalue weighted by Gasteiger charge is -2.38. The number of nitrogens with zero attached hydrogens (tertiary/aromatic N) is 4. The van der Waals surface area contributed by atoms with Gasteiger partial charge in [0.05, 0.1) is 28.7 Å². The summed E-state index contributed by atoms with van der Waals surface area (Å²) < 4.78 is 8.76. The molecular formula is C26H27ClN4O2S. The van der Waals surface area contributed by atoms with Crippen LogP contribution in [0, 0.1) is 5.92 Å². The van der Waals surface area contributed by atoms with E-state index in [4.69, 9.17) is 21.3 Å². The predicted molar refractivity (Wildman–Crippen MR) is 137 cm³/mol. The van der Waals surface area contributed by atoms with Gasteiger partial charge in [-0.2, -0.15) is 0 Å². The number of aromatic nitrogens is 2. The van der Waals surface area contributed by atoms with Crippen molar-refractivity contribution in [3.8, 4) is 17.0 Å². The zero-order chi connectivity index (χ0) is 23.2. The van der Waals surface area contributed by atoms with Crippen molar-refractivity contribution in [3.63, 3.8) is 0 Å². The van der Waals surface area contributed by atoms with Crippen molar-refractivity contribution in [1.82, 2.24) is 19.2 Å². The summed E-state index contributed by atoms with van der Waals surface area (Å²) in [5, 5.41) is 0.737. The Hall–Kier alpha value is -2.61. The molecule has 0 unspecified atom stereocenters. The molecule has 2 aromatic heterocycles. The van der Waals surface area contributed by atoms with Crippen molar-refractivity contribution in [2.75, 3.05) is 33.3 Å². The first-order chi connectivity index (χ1) is 16.6. The van der Waals surface area contributed by atoms with Gasteiger partial charge in [0.25, 0.3) is 0 Å². The molecule has 0 bridgehead atoms. The van der Waals surface area contributed by atoms with E-state index in [1.807, 2.05) is 24.3 Å². The van der Waals surface area contributed by atoms with Gasteiger partial charge in [-0.3, -0.25) is 14.1 Å². The Morgan fingerprint density at radius 2 is 1.88 bits per heavy atom. The molecule has 0 spiro atoms. The van der Waals surface area contributed by atoms with Crippen LogP contribution >= 0.6 is 22.9 Å². The minimum Gasteiger partial charge on any atom is -0.497 e. The van der Waals surface area contributed by atoms with Gasteiger partial charge in [0.15, 0.2) is 4.96 Å². The Bertz CT molecular complexity index is 1350. The van der Waals surface area contributed by atoms with Crippen LogP contribution in [0.15, 0.2) is 42.5 Å². The predicted octanol–water partition coefficient (Wildman–Crippen LogP) is 5.32. The second-order valence-corrected chi connectivity index (χ2v) is 10.6. The van der Waals surface area contributed by atoms with Crippen LogP contribution < -0.4 is 4.74 Å². The van der Waals surface area contributed by atoms with Crippen molar-refractivity contribution < 1.29 is 9.53 Å². The van der Waals surface area contributed by atoms with Crippen LogP contribution in [0.5, 0.6) is 5.75 Å². The third-order valence-corrected chi connectivity index (χ3v) is 8.42. The van der Waals surface area contributed by atoms with Crippen LogP contribution in [-0.2, 0) is 11.3 Å². The van der Waals surface area contributed by atoms with E-state index in [1.54, 1.807) is 18.4 Å². The highest BCUT2D eigenvalue weighted by Gasteiger charge is 2.31. The first-order valence-electron chi connectivity index (χ1n) is 11.9. The highest BCUT2D eigenvalue weighted by molar-refractivity contribution is 7.23. The Morgan fingerprint density at radius 3 is 2.56 bits per heavy atom. The van der Waals surface area contributed by atoms with Gasteiger partial charge in [-0.25, -0.2) is 4.98 Å². The molecule has 2 fully saturated rings. The first-order valence-corrected chi connectivity index (χ1v) is 13.0. The molecule has 1 saturated heterocycles. The fourth-order valence-corrected chi connectivity index (χ4v) is 6.30. The first kappa shape index (κ1) is 21.9. The minimum absolute atomic E-state index is 0.270. The van der Waals surface area contributed by atoms with Gasteiger partial charge in [0, 0.05) is 49.2 Å². The molecule has 1 saturated carbocycles. The molecule has 4 aromatic rings. The van der Waals surface area contributed by atoms with E-state index in [-0.39, 0.29) is 5.92 Å². The number of carbonyl (C=O) groups excluding carboxylic acids is 1. The van der Waals surface area contributed by atoms with Gasteiger partial charge in [0.1, 0.15) is 5.75 Å². The molecule has 6 nitrogen and oxygen atoms in total. The smallest absolute Gasteiger partial charge is 0.225 e. The number of imidazole rings is 1. The van der Waals surface area contributed by atoms with Gasteiger partial charge in [0.2, 0.25) is 5.91 Å². The summed E-state index contributed by atoms with van der Waals surface area (Å²) >= 11 is 7.93. The molecule has 8 heteroatoms. The van der Waals surface area contributed by atoms with Crippen molar-refractivity contribution >= 4 is 44.0 Å². The summed E-state index contributed by atoms with van der Waals surface area (Å²) in [5.41, 5.74) is 4.38. The summed E-state index contributed by atoms with van der Waals surface area (Å²) in [6.45, 7) is 4.13. The molecule has 2 aromatic carbocycles. The second-order valence-electron chi connectivity index (χ2n) is 9.20. The third kappa shape index (κ3) is 3.85. The molecule has 176 valence electrons. The zero-order valence-electron chi connectivity index (χ0n) is 19.2. The standard InChI is InChI=1S/C26H27ClN4O2S/c1-33-20-8-5-17(6-9-20)24-22(31-21-10-7-19(27)15-23(21)34-26(31)28-24)16-29-11-13-30(14-12-29)25(32)18-3-2-4-18/h5-10,15,18H,2-4,11-14,16H2,1H3. The second kappa shape index (κ2) is 8.87. The quantitative estimate of drug-likeness (QED) is 0.376. The molecule has 0 radical (unpaired) electrons. The number of carbonyl (C=O) groups is 1. The molecule has 0 atom stereocenters. The van der Waals surface area contributed by atoms with E-state index in [0.717, 1.165) is 82.8 Å². The summed E-state index contributed by atoms with van der Waals surface area (Å²) in [6.07, 6.45) is 3.32. The molecule has 6 rings (SSSR count). The highest BCUT2D eigenvalue weighted by atomic mass is 35.5. The molecule has 3 heterocycles. The number of ether oxygens (including phenoxy) is 1. The van der Waals surface area contributed by atoms with E-state index in [1.165, 1.54) is 12.1 Å². The van der Waals surface area contributed by atoms with Crippen LogP contribution in [0.4, 0.5) is 0 Å². The molecule has 1 amide bonds. The summed E-state index contributed by atoms with van der Waals surface area (Å²) in [7, 11) is 1.68. The number of piperazine rings is 1. The molecule has 0 N–H and O–H groups in total. The zero-order valence-corrected chi connectivity index (χ0v) is 20.7. The van der Waals surface area contributed by atoms with Crippen LogP contribution in [0.1, 0.15) is 25.0 Å². The van der Waals surface area contributed by atoms with Gasteiger partial charge in [-0.15, -0.1) is 0 Å². The number of rotatable bonds is 5. The van der Waals surface area contributed by atoms with Crippen molar-refractivity contribution in [2.45, 2.75) is 25.8 Å². The van der Waals surface area contributed by atoms with Crippen LogP contribution in [0.3, 0.4) is 0 Å². The summed E-state index contributed by atoms with van der Waals surface area (Å²) in [5.74, 6) is 1.46. The SMILES string of the molecule is COc1ccc(-c2nc3sc4cc(Cl)ccc4n3c2CN2CCN(C(=O)C3CCC3)CC2)cc1. The number of halogens is 1. The Labute approximate surface area is 207 Å². The summed E-state index contributed by atoms with van der Waals surface area (Å²) in [6, 6.07) is 14.1. The molecule has 2 aliphatic rings. The fourth-order valence-electron chi connectivity index (χ4n) is 4.98. The van der Waals surface area contributed by atoms with Gasteiger partial charge in [-0.1, -0.05) is 29.4 Å². The number of fused-ring (bicyclic) bond motifs is 3. The topological polar surface area (TPSA) is 50.1 Å². The maximum absolute atomic E-state index is 12.7. The maximum Gasteiger partial charge on any atom is 0.225 e. The van der Waals surface area contributed by atoms with Crippen molar-refractivity contribution in [1.29, 1.82) is 0 Å². The minimum atomic E-state index is 0.270. The average molecular weight is 495 g/mol. The lowest BCUT2D eigenvalue weighted by molar-refractivity contribution is -0.140. The molecular weight excluding hydrogens is 468 g/mol. The lowest BCUT2D eigenvalue weighted by atomic mass is 9.84. The van der Waals surface area contributed by atoms with E-state index < -0.39 is 0 Å². The fraction of sp³-hybridized carbons (Fsp3) is 0.385. The highest BCUT2D eigenvalue weighted by Crippen LogP contribution is 2.35. The Morgan fingerprint density at radius 1 is 1.12 bits per heavy atom. The number of hydrogen-bond donors (Lipinski definition) is 0. The van der Waals surface area contributed by atoms with E-state index in [0.29, 0.717) is 5.91 Å². The monoisotopic (exact) mass is 494 g/mol. The van der Waals surface area contributed by atoms with Gasteiger partial charge >= 0.3 is 0 Å². The van der Waals surface area contributed by atoms with Crippen molar-refractivity contribution in [2.24, 2.45) is 5.92 Å². The third-order valence-electron chi connectivity index (χ3n) is 7.18. The number of thiazole rings is 1. The van der Waals surface area contributed by atoms with E-state index in [2.05, 4.69) is 32.4 Å². The van der Waals surface area contributed by atoms with E-state index in [9.17, 15) is 4.79 Å². The van der Waals surface area contributed by atoms with E-state index >= 15 is 0 Å². The van der Waals surface area contributed by atoms with Crippen LogP contribution in [-0.4, -0.2) is 58.4 Å². The lowest BCUT2D eigenvalue weighted by Crippen LogP contribution is -2.50.